The summed E-state index contributed by atoms with van der Waals surface area (Å²) in [7, 11) is 1.67. The van der Waals surface area contributed by atoms with Gasteiger partial charge in [-0.3, -0.25) is 14.5 Å². The number of amides is 2. The minimum Gasteiger partial charge on any atom is -0.462 e. The lowest BCUT2D eigenvalue weighted by molar-refractivity contribution is -0.119. The van der Waals surface area contributed by atoms with Crippen molar-refractivity contribution >= 4 is 29.3 Å². The summed E-state index contributed by atoms with van der Waals surface area (Å²) in [6, 6.07) is 14.9. The first-order valence-electron chi connectivity index (χ1n) is 10.9. The number of hydrogen-bond donors (Lipinski definition) is 2. The second-order valence-corrected chi connectivity index (χ2v) is 7.91. The molecule has 9 nitrogen and oxygen atoms in total. The van der Waals surface area contributed by atoms with Gasteiger partial charge in [-0.15, -0.1) is 0 Å². The maximum Gasteiger partial charge on any atom is 0.343 e. The maximum absolute atomic E-state index is 12.8. The minimum absolute atomic E-state index is 0.0177. The first-order chi connectivity index (χ1) is 16.3. The third-order valence-corrected chi connectivity index (χ3v) is 5.10. The van der Waals surface area contributed by atoms with Crippen LogP contribution in [0.2, 0.25) is 0 Å². The zero-order chi connectivity index (χ0) is 24.7. The summed E-state index contributed by atoms with van der Waals surface area (Å²) in [6.07, 6.45) is 1.36. The monoisotopic (exact) mass is 463 g/mol. The van der Waals surface area contributed by atoms with Gasteiger partial charge in [0.2, 0.25) is 11.8 Å². The number of likely N-dealkylation sites (N-methyl/N-ethyl adjacent to an activating group) is 1. The van der Waals surface area contributed by atoms with Crippen LogP contribution in [0.3, 0.4) is 0 Å². The zero-order valence-electron chi connectivity index (χ0n) is 19.8. The van der Waals surface area contributed by atoms with Crippen molar-refractivity contribution in [2.75, 3.05) is 37.4 Å². The standard InChI is InChI=1S/C25H29N5O4/c1-5-34-25(33)20-14-26-30(19-12-7-6-8-13-19)24(20)28-22(32)16-29(4)15-21(31)27-23-17(2)10-9-11-18(23)3/h6-14H,5,15-16H2,1-4H3,(H,27,31)(H,28,32). The van der Waals surface area contributed by atoms with Crippen molar-refractivity contribution in [1.29, 1.82) is 0 Å². The smallest absolute Gasteiger partial charge is 0.343 e. The van der Waals surface area contributed by atoms with Crippen LogP contribution in [-0.4, -0.2) is 59.2 Å². The number of aryl methyl sites for hydroxylation is 2. The first kappa shape index (κ1) is 24.7. The van der Waals surface area contributed by atoms with E-state index in [1.165, 1.54) is 10.9 Å². The van der Waals surface area contributed by atoms with Gasteiger partial charge in [-0.1, -0.05) is 36.4 Å². The van der Waals surface area contributed by atoms with Gasteiger partial charge in [-0.25, -0.2) is 9.48 Å². The van der Waals surface area contributed by atoms with Crippen LogP contribution in [0.25, 0.3) is 5.69 Å². The van der Waals surface area contributed by atoms with Gasteiger partial charge in [0.05, 0.1) is 31.6 Å². The van der Waals surface area contributed by atoms with E-state index in [9.17, 15) is 14.4 Å². The average Bonchev–Trinajstić information content (AvgIpc) is 3.20. The number of hydrogen-bond acceptors (Lipinski definition) is 6. The van der Waals surface area contributed by atoms with Gasteiger partial charge >= 0.3 is 5.97 Å². The Morgan fingerprint density at radius 2 is 1.56 bits per heavy atom. The molecule has 0 aliphatic carbocycles. The summed E-state index contributed by atoms with van der Waals surface area (Å²) >= 11 is 0. The van der Waals surface area contributed by atoms with Crippen molar-refractivity contribution in [2.45, 2.75) is 20.8 Å². The summed E-state index contributed by atoms with van der Waals surface area (Å²) in [5.74, 6) is -0.996. The highest BCUT2D eigenvalue weighted by atomic mass is 16.5. The lowest BCUT2D eigenvalue weighted by Gasteiger charge is -2.18. The van der Waals surface area contributed by atoms with Gasteiger partial charge in [0.1, 0.15) is 5.56 Å². The molecule has 0 aliphatic rings. The number of nitrogens with zero attached hydrogens (tertiary/aromatic N) is 3. The van der Waals surface area contributed by atoms with Gasteiger partial charge < -0.3 is 15.4 Å². The highest BCUT2D eigenvalue weighted by molar-refractivity contribution is 6.01. The molecule has 9 heteroatoms. The van der Waals surface area contributed by atoms with Crippen molar-refractivity contribution in [3.05, 3.63) is 71.4 Å². The fraction of sp³-hybridized carbons (Fsp3) is 0.280. The molecule has 2 amide bonds. The van der Waals surface area contributed by atoms with E-state index in [-0.39, 0.29) is 37.0 Å². The molecule has 2 N–H and O–H groups in total. The maximum atomic E-state index is 12.8. The number of ether oxygens (including phenoxy) is 1. The van der Waals surface area contributed by atoms with E-state index in [1.807, 2.05) is 62.4 Å². The average molecular weight is 464 g/mol. The van der Waals surface area contributed by atoms with Crippen molar-refractivity contribution in [1.82, 2.24) is 14.7 Å². The third kappa shape index (κ3) is 6.08. The van der Waals surface area contributed by atoms with E-state index in [0.29, 0.717) is 5.69 Å². The highest BCUT2D eigenvalue weighted by Gasteiger charge is 2.22. The Labute approximate surface area is 198 Å². The summed E-state index contributed by atoms with van der Waals surface area (Å²) in [4.78, 5) is 39.3. The van der Waals surface area contributed by atoms with Gasteiger partial charge in [0.15, 0.2) is 5.82 Å². The summed E-state index contributed by atoms with van der Waals surface area (Å²) in [5.41, 5.74) is 3.53. The molecular weight excluding hydrogens is 434 g/mol. The van der Waals surface area contributed by atoms with Crippen LogP contribution in [0.5, 0.6) is 0 Å². The molecule has 0 atom stereocenters. The Balaban J connectivity index is 1.69. The lowest BCUT2D eigenvalue weighted by Crippen LogP contribution is -2.36. The van der Waals surface area contributed by atoms with E-state index in [0.717, 1.165) is 16.8 Å². The Kier molecular flexibility index (Phi) is 8.15. The summed E-state index contributed by atoms with van der Waals surface area (Å²) in [6.45, 7) is 5.71. The molecule has 1 aromatic heterocycles. The number of aromatic nitrogens is 2. The molecule has 3 rings (SSSR count). The largest absolute Gasteiger partial charge is 0.462 e. The second-order valence-electron chi connectivity index (χ2n) is 7.91. The normalized spacial score (nSPS) is 10.7. The molecule has 2 aromatic carbocycles. The van der Waals surface area contributed by atoms with Gasteiger partial charge in [-0.2, -0.15) is 5.10 Å². The van der Waals surface area contributed by atoms with E-state index in [4.69, 9.17) is 4.74 Å². The molecule has 1 heterocycles. The number of nitrogens with one attached hydrogen (secondary N) is 2. The van der Waals surface area contributed by atoms with Crippen molar-refractivity contribution in [3.8, 4) is 5.69 Å². The van der Waals surface area contributed by atoms with Gasteiger partial charge in [0.25, 0.3) is 0 Å². The van der Waals surface area contributed by atoms with Crippen LogP contribution in [-0.2, 0) is 14.3 Å². The highest BCUT2D eigenvalue weighted by Crippen LogP contribution is 2.22. The molecule has 0 fully saturated rings. The Hall–Kier alpha value is -3.98. The van der Waals surface area contributed by atoms with Crippen molar-refractivity contribution < 1.29 is 19.1 Å². The molecule has 178 valence electrons. The molecule has 3 aromatic rings. The van der Waals surface area contributed by atoms with Crippen molar-refractivity contribution in [2.24, 2.45) is 0 Å². The topological polar surface area (TPSA) is 106 Å². The van der Waals surface area contributed by atoms with E-state index < -0.39 is 11.9 Å². The lowest BCUT2D eigenvalue weighted by atomic mass is 10.1. The summed E-state index contributed by atoms with van der Waals surface area (Å²) in [5, 5.41) is 9.92. The number of carbonyl (C=O) groups is 3. The number of para-hydroxylation sites is 2. The Morgan fingerprint density at radius 1 is 0.941 bits per heavy atom. The van der Waals surface area contributed by atoms with Gasteiger partial charge in [-0.05, 0) is 51.1 Å². The molecule has 0 spiro atoms. The molecule has 0 bridgehead atoms. The molecule has 0 unspecified atom stereocenters. The number of esters is 1. The molecule has 0 radical (unpaired) electrons. The second kappa shape index (κ2) is 11.2. The van der Waals surface area contributed by atoms with Crippen LogP contribution in [0.15, 0.2) is 54.7 Å². The van der Waals surface area contributed by atoms with Crippen LogP contribution in [0, 0.1) is 13.8 Å². The summed E-state index contributed by atoms with van der Waals surface area (Å²) < 4.78 is 6.57. The van der Waals surface area contributed by atoms with Crippen LogP contribution >= 0.6 is 0 Å². The van der Waals surface area contributed by atoms with Crippen molar-refractivity contribution in [3.63, 3.8) is 0 Å². The SMILES string of the molecule is CCOC(=O)c1cnn(-c2ccccc2)c1NC(=O)CN(C)CC(=O)Nc1c(C)cccc1C. The fourth-order valence-electron chi connectivity index (χ4n) is 3.50. The van der Waals surface area contributed by atoms with E-state index in [2.05, 4.69) is 15.7 Å². The first-order valence-corrected chi connectivity index (χ1v) is 10.9. The van der Waals surface area contributed by atoms with E-state index >= 15 is 0 Å². The number of benzene rings is 2. The third-order valence-electron chi connectivity index (χ3n) is 5.10. The molecule has 0 saturated carbocycles. The molecule has 0 saturated heterocycles. The fourth-order valence-corrected chi connectivity index (χ4v) is 3.50. The predicted molar refractivity (Wildman–Crippen MR) is 130 cm³/mol. The zero-order valence-corrected chi connectivity index (χ0v) is 19.8. The number of anilines is 2. The quantitative estimate of drug-likeness (QED) is 0.472. The Bertz CT molecular complexity index is 1150. The Morgan fingerprint density at radius 3 is 2.18 bits per heavy atom. The van der Waals surface area contributed by atoms with Gasteiger partial charge in [0, 0.05) is 5.69 Å². The minimum atomic E-state index is -0.582. The molecular formula is C25H29N5O4. The van der Waals surface area contributed by atoms with Crippen LogP contribution in [0.4, 0.5) is 11.5 Å². The van der Waals surface area contributed by atoms with Crippen LogP contribution in [0.1, 0.15) is 28.4 Å². The predicted octanol–water partition coefficient (Wildman–Crippen LogP) is 3.17. The van der Waals surface area contributed by atoms with Crippen LogP contribution < -0.4 is 10.6 Å². The number of carbonyl (C=O) groups excluding carboxylic acids is 3. The molecule has 34 heavy (non-hydrogen) atoms. The van der Waals surface area contributed by atoms with E-state index in [1.54, 1.807) is 18.9 Å². The molecule has 0 aliphatic heterocycles. The number of rotatable bonds is 9.